The van der Waals surface area contributed by atoms with Gasteiger partial charge in [0.1, 0.15) is 18.4 Å². The van der Waals surface area contributed by atoms with Gasteiger partial charge in [-0.3, -0.25) is 4.79 Å². The van der Waals surface area contributed by atoms with Crippen molar-refractivity contribution < 1.29 is 19.1 Å². The van der Waals surface area contributed by atoms with Gasteiger partial charge in [0, 0.05) is 12.8 Å². The Morgan fingerprint density at radius 2 is 1.69 bits per heavy atom. The number of benzene rings is 2. The van der Waals surface area contributed by atoms with Gasteiger partial charge in [0.25, 0.3) is 0 Å². The number of amides is 1. The van der Waals surface area contributed by atoms with Crippen LogP contribution in [0.1, 0.15) is 43.2 Å². The Hall–Kier alpha value is -2.82. The number of carbonyl (C=O) groups excluding carboxylic acids is 2. The second kappa shape index (κ2) is 10.6. The molecule has 0 unspecified atom stereocenters. The van der Waals surface area contributed by atoms with Crippen LogP contribution in [0.5, 0.6) is 5.75 Å². The number of hydrogen-bond acceptors (Lipinski definition) is 4. The zero-order valence-corrected chi connectivity index (χ0v) is 16.9. The summed E-state index contributed by atoms with van der Waals surface area (Å²) < 4.78 is 10.7. The van der Waals surface area contributed by atoms with Crippen LogP contribution in [0.25, 0.3) is 0 Å². The second-order valence-electron chi connectivity index (χ2n) is 7.62. The summed E-state index contributed by atoms with van der Waals surface area (Å²) in [7, 11) is 1.35. The summed E-state index contributed by atoms with van der Waals surface area (Å²) in [6.07, 6.45) is 5.46. The predicted octanol–water partition coefficient (Wildman–Crippen LogP) is 4.05. The molecule has 2 aromatic rings. The smallest absolute Gasteiger partial charge is 0.328 e. The summed E-state index contributed by atoms with van der Waals surface area (Å²) in [6.45, 7) is 0.502. The van der Waals surface area contributed by atoms with Crippen LogP contribution >= 0.6 is 0 Å². The van der Waals surface area contributed by atoms with Gasteiger partial charge in [-0.2, -0.15) is 0 Å². The minimum Gasteiger partial charge on any atom is -0.489 e. The van der Waals surface area contributed by atoms with E-state index in [2.05, 4.69) is 5.32 Å². The predicted molar refractivity (Wildman–Crippen MR) is 111 cm³/mol. The molecule has 0 saturated heterocycles. The molecule has 29 heavy (non-hydrogen) atoms. The number of methoxy groups -OCH3 is 1. The molecule has 5 nitrogen and oxygen atoms in total. The third-order valence-corrected chi connectivity index (χ3v) is 5.38. The van der Waals surface area contributed by atoms with Crippen molar-refractivity contribution >= 4 is 11.9 Å². The van der Waals surface area contributed by atoms with Gasteiger partial charge in [0.15, 0.2) is 0 Å². The molecule has 2 aromatic carbocycles. The maximum Gasteiger partial charge on any atom is 0.328 e. The first-order chi connectivity index (χ1) is 14.1. The van der Waals surface area contributed by atoms with Gasteiger partial charge in [-0.25, -0.2) is 4.79 Å². The van der Waals surface area contributed by atoms with Crippen LogP contribution in [0.4, 0.5) is 0 Å². The maximum absolute atomic E-state index is 12.4. The van der Waals surface area contributed by atoms with E-state index in [0.717, 1.165) is 29.7 Å². The first-order valence-electron chi connectivity index (χ1n) is 10.3. The molecule has 3 rings (SSSR count). The van der Waals surface area contributed by atoms with E-state index in [1.54, 1.807) is 0 Å². The number of nitrogens with one attached hydrogen (secondary N) is 1. The van der Waals surface area contributed by atoms with Crippen LogP contribution in [0.15, 0.2) is 54.6 Å². The molecule has 154 valence electrons. The topological polar surface area (TPSA) is 64.6 Å². The molecule has 0 spiro atoms. The quantitative estimate of drug-likeness (QED) is 0.651. The Kier molecular flexibility index (Phi) is 7.68. The van der Waals surface area contributed by atoms with Gasteiger partial charge >= 0.3 is 5.97 Å². The standard InChI is InChI=1S/C24H29NO4/c1-28-24(27)22(25-23(26)16-18-7-5-6-8-18)15-19-11-13-21(14-12-19)29-17-20-9-3-2-4-10-20/h2-4,9-14,18,22H,5-8,15-17H2,1H3,(H,25,26)/t22-/m1/s1. The minimum atomic E-state index is -0.676. The van der Waals surface area contributed by atoms with Crippen molar-refractivity contribution in [3.8, 4) is 5.75 Å². The van der Waals surface area contributed by atoms with Crippen LogP contribution in [-0.2, 0) is 27.4 Å². The van der Waals surface area contributed by atoms with E-state index >= 15 is 0 Å². The average molecular weight is 395 g/mol. The maximum atomic E-state index is 12.4. The van der Waals surface area contributed by atoms with E-state index in [9.17, 15) is 9.59 Å². The van der Waals surface area contributed by atoms with Gasteiger partial charge in [-0.15, -0.1) is 0 Å². The van der Waals surface area contributed by atoms with Crippen molar-refractivity contribution in [1.29, 1.82) is 0 Å². The molecule has 0 aliphatic heterocycles. The lowest BCUT2D eigenvalue weighted by molar-refractivity contribution is -0.145. The Labute approximate surface area is 172 Å². The fourth-order valence-corrected chi connectivity index (χ4v) is 3.76. The molecule has 1 amide bonds. The molecule has 0 radical (unpaired) electrons. The highest BCUT2D eigenvalue weighted by molar-refractivity contribution is 5.84. The molecule has 1 atom stereocenters. The van der Waals surface area contributed by atoms with Crippen LogP contribution in [0.3, 0.4) is 0 Å². The molecule has 0 heterocycles. The van der Waals surface area contributed by atoms with Crippen LogP contribution in [0.2, 0.25) is 0 Å². The van der Waals surface area contributed by atoms with E-state index in [-0.39, 0.29) is 5.91 Å². The summed E-state index contributed by atoms with van der Waals surface area (Å²) in [5.41, 5.74) is 2.04. The fraction of sp³-hybridized carbons (Fsp3) is 0.417. The normalized spacial score (nSPS) is 14.9. The van der Waals surface area contributed by atoms with Crippen molar-refractivity contribution in [1.82, 2.24) is 5.32 Å². The summed E-state index contributed by atoms with van der Waals surface area (Å²) in [6, 6.07) is 16.9. The molecule has 1 saturated carbocycles. The molecule has 1 N–H and O–H groups in total. The Bertz CT molecular complexity index is 782. The van der Waals surface area contributed by atoms with E-state index in [1.165, 1.54) is 20.0 Å². The first kappa shape index (κ1) is 20.9. The van der Waals surface area contributed by atoms with Gasteiger partial charge < -0.3 is 14.8 Å². The number of carbonyl (C=O) groups is 2. The van der Waals surface area contributed by atoms with Gasteiger partial charge in [0.2, 0.25) is 5.91 Å². The largest absolute Gasteiger partial charge is 0.489 e. The lowest BCUT2D eigenvalue weighted by Crippen LogP contribution is -2.43. The highest BCUT2D eigenvalue weighted by Gasteiger charge is 2.24. The highest BCUT2D eigenvalue weighted by Crippen LogP contribution is 2.27. The summed E-state index contributed by atoms with van der Waals surface area (Å²) in [5, 5.41) is 2.86. The fourth-order valence-electron chi connectivity index (χ4n) is 3.76. The molecular weight excluding hydrogens is 366 g/mol. The second-order valence-corrected chi connectivity index (χ2v) is 7.62. The summed E-state index contributed by atoms with van der Waals surface area (Å²) in [4.78, 5) is 24.5. The SMILES string of the molecule is COC(=O)[C@@H](Cc1ccc(OCc2ccccc2)cc1)NC(=O)CC1CCCC1. The first-order valence-corrected chi connectivity index (χ1v) is 10.3. The van der Waals surface area contributed by atoms with Gasteiger partial charge in [-0.05, 0) is 42.0 Å². The summed E-state index contributed by atoms with van der Waals surface area (Å²) >= 11 is 0. The number of esters is 1. The lowest BCUT2D eigenvalue weighted by atomic mass is 10.0. The van der Waals surface area contributed by atoms with Gasteiger partial charge in [-0.1, -0.05) is 55.3 Å². The summed E-state index contributed by atoms with van der Waals surface area (Å²) in [5.74, 6) is 0.705. The van der Waals surface area contributed by atoms with Crippen molar-refractivity contribution in [3.05, 3.63) is 65.7 Å². The molecule has 1 aliphatic carbocycles. The molecule has 1 fully saturated rings. The molecule has 5 heteroatoms. The van der Waals surface area contributed by atoms with Crippen molar-refractivity contribution in [2.75, 3.05) is 7.11 Å². The molecule has 0 aromatic heterocycles. The molecular formula is C24H29NO4. The van der Waals surface area contributed by atoms with Crippen molar-refractivity contribution in [3.63, 3.8) is 0 Å². The zero-order chi connectivity index (χ0) is 20.5. The molecule has 0 bridgehead atoms. The number of rotatable bonds is 9. The van der Waals surface area contributed by atoms with Crippen LogP contribution in [0, 0.1) is 5.92 Å². The Balaban J connectivity index is 1.54. The van der Waals surface area contributed by atoms with Gasteiger partial charge in [0.05, 0.1) is 7.11 Å². The Morgan fingerprint density at radius 3 is 2.34 bits per heavy atom. The third kappa shape index (κ3) is 6.63. The average Bonchev–Trinajstić information content (AvgIpc) is 3.25. The number of ether oxygens (including phenoxy) is 2. The van der Waals surface area contributed by atoms with Crippen LogP contribution in [-0.4, -0.2) is 25.0 Å². The van der Waals surface area contributed by atoms with E-state index in [0.29, 0.717) is 25.4 Å². The van der Waals surface area contributed by atoms with Crippen molar-refractivity contribution in [2.45, 2.75) is 51.2 Å². The third-order valence-electron chi connectivity index (χ3n) is 5.38. The van der Waals surface area contributed by atoms with E-state index in [4.69, 9.17) is 9.47 Å². The highest BCUT2D eigenvalue weighted by atomic mass is 16.5. The lowest BCUT2D eigenvalue weighted by Gasteiger charge is -2.18. The van der Waals surface area contributed by atoms with E-state index < -0.39 is 12.0 Å². The molecule has 1 aliphatic rings. The van der Waals surface area contributed by atoms with Crippen LogP contribution < -0.4 is 10.1 Å². The van der Waals surface area contributed by atoms with E-state index in [1.807, 2.05) is 54.6 Å². The number of hydrogen-bond donors (Lipinski definition) is 1. The Morgan fingerprint density at radius 1 is 1.00 bits per heavy atom. The zero-order valence-electron chi connectivity index (χ0n) is 16.9. The minimum absolute atomic E-state index is 0.0740. The van der Waals surface area contributed by atoms with Crippen molar-refractivity contribution in [2.24, 2.45) is 5.92 Å². The monoisotopic (exact) mass is 395 g/mol.